The van der Waals surface area contributed by atoms with Gasteiger partial charge in [-0.1, -0.05) is 44.9 Å². The number of fused-ring (bicyclic) bond motifs is 1. The van der Waals surface area contributed by atoms with Crippen molar-refractivity contribution in [3.05, 3.63) is 29.3 Å². The molecule has 1 aromatic carbocycles. The molecule has 4 amide bonds. The van der Waals surface area contributed by atoms with E-state index in [9.17, 15) is 19.2 Å². The second-order valence-corrected chi connectivity index (χ2v) is 15.6. The molecule has 0 spiro atoms. The van der Waals surface area contributed by atoms with E-state index in [2.05, 4.69) is 20.3 Å². The van der Waals surface area contributed by atoms with Crippen molar-refractivity contribution < 1.29 is 42.3 Å². The zero-order valence-electron chi connectivity index (χ0n) is 34.3. The van der Waals surface area contributed by atoms with Gasteiger partial charge in [0.1, 0.15) is 41.7 Å². The molecule has 14 nitrogen and oxygen atoms in total. The van der Waals surface area contributed by atoms with Crippen molar-refractivity contribution in [3.8, 4) is 11.6 Å². The molecule has 4 fully saturated rings. The largest absolute Gasteiger partial charge is 0.496 e. The van der Waals surface area contributed by atoms with E-state index in [0.29, 0.717) is 48.8 Å². The first-order chi connectivity index (χ1) is 26.8. The minimum atomic E-state index is -0.960. The van der Waals surface area contributed by atoms with E-state index >= 15 is 0 Å². The van der Waals surface area contributed by atoms with Crippen molar-refractivity contribution >= 4 is 58.5 Å². The molecule has 6 rings (SSSR count). The number of nitrogens with zero attached hydrogens (tertiary/aromatic N) is 2. The van der Waals surface area contributed by atoms with Gasteiger partial charge >= 0.3 is 6.09 Å². The van der Waals surface area contributed by atoms with Gasteiger partial charge in [-0.05, 0) is 97.1 Å². The Kier molecular flexibility index (Phi) is 19.3. The average molecular weight is 824 g/mol. The lowest BCUT2D eigenvalue weighted by Gasteiger charge is -2.27. The van der Waals surface area contributed by atoms with E-state index in [1.54, 1.807) is 40.0 Å². The van der Waals surface area contributed by atoms with Gasteiger partial charge in [0.25, 0.3) is 5.91 Å². The van der Waals surface area contributed by atoms with Crippen molar-refractivity contribution in [3.63, 3.8) is 0 Å². The smallest absolute Gasteiger partial charge is 0.408 e. The number of amides is 4. The van der Waals surface area contributed by atoms with Gasteiger partial charge in [-0.15, -0.1) is 0 Å². The van der Waals surface area contributed by atoms with E-state index in [1.165, 1.54) is 24.2 Å². The lowest BCUT2D eigenvalue weighted by molar-refractivity contribution is -0.139. The summed E-state index contributed by atoms with van der Waals surface area (Å²) in [6, 6.07) is 6.69. The standard InChI is InChI=1S/C21H34N4O6S.C12H12ClNO2.C5H10O.C2H6/c1-5-13-11-21(13,18(28)24-32-31-14-8-9-14)23-17(27)15-7-6-10-25(15)16(26)12-22-19(29)30-20(2,3)4;1-3-16-11-7-10(15-2)8-5-4-6-9(13)12(8)14-11;1-2-4-6-5-3-1;1-2/h13-15H,5-12H2,1-4H3,(H,22,29)(H,23,27)(H,24,28);4-7H,3H2,1-2H3;1-5H2;1-2H3/t13-,15+,21-;;;/m1.../s1. The number of methoxy groups -OCH3 is 1. The normalized spacial score (nSPS) is 21.1. The molecule has 0 bridgehead atoms. The van der Waals surface area contributed by atoms with Gasteiger partial charge in [-0.3, -0.25) is 23.3 Å². The van der Waals surface area contributed by atoms with Crippen LogP contribution >= 0.6 is 23.8 Å². The first-order valence-corrected chi connectivity index (χ1v) is 21.0. The van der Waals surface area contributed by atoms with Crippen LogP contribution in [0.25, 0.3) is 10.9 Å². The Morgan fingerprint density at radius 2 is 1.77 bits per heavy atom. The highest BCUT2D eigenvalue weighted by Gasteiger charge is 2.61. The third-order valence-corrected chi connectivity index (χ3v) is 10.1. The fraction of sp³-hybridized carbons (Fsp3) is 0.675. The Labute approximate surface area is 341 Å². The van der Waals surface area contributed by atoms with Crippen LogP contribution in [0.1, 0.15) is 106 Å². The molecule has 2 saturated heterocycles. The van der Waals surface area contributed by atoms with Gasteiger partial charge in [-0.25, -0.2) is 9.78 Å². The number of hydrogen-bond donors (Lipinski definition) is 3. The second-order valence-electron chi connectivity index (χ2n) is 14.6. The number of pyridine rings is 1. The van der Waals surface area contributed by atoms with Crippen LogP contribution < -0.4 is 24.8 Å². The number of halogens is 1. The van der Waals surface area contributed by atoms with Crippen LogP contribution in [0.3, 0.4) is 0 Å². The quantitative estimate of drug-likeness (QED) is 0.147. The van der Waals surface area contributed by atoms with Crippen molar-refractivity contribution in [2.75, 3.05) is 40.0 Å². The van der Waals surface area contributed by atoms with Crippen LogP contribution in [-0.4, -0.2) is 97.0 Å². The number of alkyl carbamates (subject to hydrolysis) is 1. The van der Waals surface area contributed by atoms with E-state index in [0.717, 1.165) is 55.8 Å². The van der Waals surface area contributed by atoms with Crippen LogP contribution in [0.4, 0.5) is 4.79 Å². The first kappa shape index (κ1) is 46.8. The van der Waals surface area contributed by atoms with Gasteiger partial charge in [-0.2, -0.15) is 0 Å². The summed E-state index contributed by atoms with van der Waals surface area (Å²) in [5, 5.41) is 6.84. The molecular formula is C40H62ClN5O9S. The first-order valence-electron chi connectivity index (χ1n) is 19.9. The summed E-state index contributed by atoms with van der Waals surface area (Å²) in [6.45, 7) is 15.8. The van der Waals surface area contributed by atoms with Crippen molar-refractivity contribution in [2.45, 2.75) is 130 Å². The predicted molar refractivity (Wildman–Crippen MR) is 219 cm³/mol. The van der Waals surface area contributed by atoms with Crippen molar-refractivity contribution in [1.82, 2.24) is 25.2 Å². The van der Waals surface area contributed by atoms with Gasteiger partial charge < -0.3 is 34.5 Å². The third kappa shape index (κ3) is 14.4. The summed E-state index contributed by atoms with van der Waals surface area (Å²) in [6.07, 6.45) is 7.94. The lowest BCUT2D eigenvalue weighted by atomic mass is 10.1. The minimum absolute atomic E-state index is 0.0485. The number of carbonyl (C=O) groups excluding carboxylic acids is 4. The molecule has 16 heteroatoms. The van der Waals surface area contributed by atoms with Gasteiger partial charge in [0.15, 0.2) is 0 Å². The van der Waals surface area contributed by atoms with Crippen LogP contribution in [0.15, 0.2) is 24.3 Å². The zero-order valence-corrected chi connectivity index (χ0v) is 35.9. The summed E-state index contributed by atoms with van der Waals surface area (Å²) in [7, 11) is 1.62. The number of carbonyl (C=O) groups is 4. The number of benzene rings is 1. The molecule has 0 radical (unpaired) electrons. The topological polar surface area (TPSA) is 167 Å². The van der Waals surface area contributed by atoms with E-state index in [-0.39, 0.29) is 36.3 Å². The van der Waals surface area contributed by atoms with E-state index in [4.69, 9.17) is 34.7 Å². The molecule has 3 N–H and O–H groups in total. The Morgan fingerprint density at radius 1 is 1.05 bits per heavy atom. The molecule has 3 heterocycles. The summed E-state index contributed by atoms with van der Waals surface area (Å²) >= 11 is 7.01. The predicted octanol–water partition coefficient (Wildman–Crippen LogP) is 7.15. The molecule has 4 aliphatic rings. The summed E-state index contributed by atoms with van der Waals surface area (Å²) < 4.78 is 29.0. The fourth-order valence-electron chi connectivity index (χ4n) is 6.14. The number of ether oxygens (including phenoxy) is 4. The second kappa shape index (κ2) is 23.0. The van der Waals surface area contributed by atoms with Gasteiger partial charge in [0.05, 0.1) is 30.4 Å². The van der Waals surface area contributed by atoms with Crippen molar-refractivity contribution in [2.24, 2.45) is 5.92 Å². The number of nitrogens with one attached hydrogen (secondary N) is 3. The monoisotopic (exact) mass is 823 g/mol. The Morgan fingerprint density at radius 3 is 2.32 bits per heavy atom. The maximum absolute atomic E-state index is 13.1. The molecule has 3 atom stereocenters. The molecule has 2 aromatic rings. The van der Waals surface area contributed by atoms with Crippen LogP contribution in [0.2, 0.25) is 5.02 Å². The molecule has 0 unspecified atom stereocenters. The highest BCUT2D eigenvalue weighted by atomic mass is 35.5. The van der Waals surface area contributed by atoms with E-state index < -0.39 is 23.3 Å². The molecule has 2 aliphatic heterocycles. The highest BCUT2D eigenvalue weighted by Crippen LogP contribution is 2.47. The molecule has 314 valence electrons. The Hall–Kier alpha value is -3.53. The Balaban J connectivity index is 0.000000287. The highest BCUT2D eigenvalue weighted by molar-refractivity contribution is 7.93. The summed E-state index contributed by atoms with van der Waals surface area (Å²) in [5.41, 5.74) is -0.926. The third-order valence-electron chi connectivity index (χ3n) is 9.17. The minimum Gasteiger partial charge on any atom is -0.496 e. The molecule has 1 aromatic heterocycles. The average Bonchev–Trinajstić information content (AvgIpc) is 4.10. The molecule has 56 heavy (non-hydrogen) atoms. The zero-order chi connectivity index (χ0) is 41.3. The number of para-hydroxylation sites is 1. The van der Waals surface area contributed by atoms with E-state index in [1.807, 2.05) is 39.8 Å². The number of aromatic nitrogens is 1. The van der Waals surface area contributed by atoms with Crippen LogP contribution in [0, 0.1) is 5.92 Å². The summed E-state index contributed by atoms with van der Waals surface area (Å²) in [4.78, 5) is 56.1. The Bertz CT molecular complexity index is 1580. The van der Waals surface area contributed by atoms with Crippen LogP contribution in [0.5, 0.6) is 11.6 Å². The lowest BCUT2D eigenvalue weighted by Crippen LogP contribution is -2.55. The summed E-state index contributed by atoms with van der Waals surface area (Å²) in [5.74, 6) is 0.324. The van der Waals surface area contributed by atoms with Gasteiger partial charge in [0.2, 0.25) is 17.7 Å². The van der Waals surface area contributed by atoms with Crippen LogP contribution in [-0.2, 0) is 28.0 Å². The maximum Gasteiger partial charge on any atom is 0.408 e. The SMILES string of the molecule is C1CCOCC1.CC.CCOc1cc(OC)c2cccc(Cl)c2n1.CC[C@@H]1C[C@]1(NC(=O)[C@@H]1CCCN1C(=O)CNC(=O)OC(C)(C)C)C(=O)NSOC1CC1. The molecular weight excluding hydrogens is 762 g/mol. The number of rotatable bonds is 12. The number of likely N-dealkylation sites (tertiary alicyclic amines) is 1. The maximum atomic E-state index is 13.1. The van der Waals surface area contributed by atoms with Crippen molar-refractivity contribution in [1.29, 1.82) is 0 Å². The molecule has 2 saturated carbocycles. The molecule has 2 aliphatic carbocycles. The van der Waals surface area contributed by atoms with Gasteiger partial charge in [0, 0.05) is 31.2 Å². The fourth-order valence-corrected chi connectivity index (χ4v) is 6.99. The number of hydrogen-bond acceptors (Lipinski definition) is 11.